The van der Waals surface area contributed by atoms with Gasteiger partial charge in [-0.25, -0.2) is 0 Å². The first kappa shape index (κ1) is 13.6. The molecule has 3 rings (SSSR count). The lowest BCUT2D eigenvalue weighted by Crippen LogP contribution is -2.40. The van der Waals surface area contributed by atoms with Crippen LogP contribution in [0.1, 0.15) is 24.6 Å². The first-order chi connectivity index (χ1) is 10.2. The number of aromatic nitrogens is 2. The molecule has 0 saturated heterocycles. The number of nitrogens with one attached hydrogen (secondary N) is 1. The van der Waals surface area contributed by atoms with Crippen LogP contribution in [0.15, 0.2) is 48.2 Å². The Kier molecular flexibility index (Phi) is 3.86. The first-order valence-electron chi connectivity index (χ1n) is 7.27. The number of benzene rings is 1. The summed E-state index contributed by atoms with van der Waals surface area (Å²) in [6.07, 6.45) is 5.52. The molecule has 0 fully saturated rings. The minimum atomic E-state index is 0.0109. The summed E-state index contributed by atoms with van der Waals surface area (Å²) in [6.45, 7) is 2.73. The van der Waals surface area contributed by atoms with E-state index in [2.05, 4.69) is 10.4 Å². The van der Waals surface area contributed by atoms with Crippen molar-refractivity contribution < 1.29 is 4.79 Å². The van der Waals surface area contributed by atoms with Gasteiger partial charge in [0.2, 0.25) is 5.91 Å². The molecular formula is C17H19N3O. The van der Waals surface area contributed by atoms with E-state index in [-0.39, 0.29) is 11.9 Å². The Morgan fingerprint density at radius 1 is 1.33 bits per heavy atom. The molecule has 21 heavy (non-hydrogen) atoms. The number of carbonyl (C=O) groups is 1. The predicted octanol–water partition coefficient (Wildman–Crippen LogP) is 2.42. The summed E-state index contributed by atoms with van der Waals surface area (Å²) in [5.41, 5.74) is 2.98. The SMILES string of the molecule is C/C(=C\c1ccccc1)C(=O)NC1CCn2nccc2C1. The highest BCUT2D eigenvalue weighted by Crippen LogP contribution is 2.14. The lowest BCUT2D eigenvalue weighted by atomic mass is 10.0. The largest absolute Gasteiger partial charge is 0.349 e. The Labute approximate surface area is 124 Å². The molecule has 1 atom stereocenters. The van der Waals surface area contributed by atoms with E-state index in [1.807, 2.05) is 60.3 Å². The maximum Gasteiger partial charge on any atom is 0.247 e. The van der Waals surface area contributed by atoms with E-state index in [4.69, 9.17) is 0 Å². The fourth-order valence-electron chi connectivity index (χ4n) is 2.65. The van der Waals surface area contributed by atoms with Gasteiger partial charge in [-0.3, -0.25) is 9.48 Å². The summed E-state index contributed by atoms with van der Waals surface area (Å²) in [7, 11) is 0. The van der Waals surface area contributed by atoms with E-state index >= 15 is 0 Å². The van der Waals surface area contributed by atoms with E-state index in [9.17, 15) is 4.79 Å². The van der Waals surface area contributed by atoms with Gasteiger partial charge in [-0.2, -0.15) is 5.10 Å². The van der Waals surface area contributed by atoms with Gasteiger partial charge in [0.05, 0.1) is 0 Å². The number of carbonyl (C=O) groups excluding carboxylic acids is 1. The van der Waals surface area contributed by atoms with E-state index < -0.39 is 0 Å². The average Bonchev–Trinajstić information content (AvgIpc) is 2.95. The van der Waals surface area contributed by atoms with Gasteiger partial charge in [-0.1, -0.05) is 30.3 Å². The number of rotatable bonds is 3. The molecule has 1 aliphatic rings. The zero-order chi connectivity index (χ0) is 14.7. The topological polar surface area (TPSA) is 46.9 Å². The second-order valence-corrected chi connectivity index (χ2v) is 5.45. The van der Waals surface area contributed by atoms with Crippen molar-refractivity contribution in [3.63, 3.8) is 0 Å². The van der Waals surface area contributed by atoms with Gasteiger partial charge in [0.1, 0.15) is 0 Å². The molecule has 0 aliphatic carbocycles. The maximum atomic E-state index is 12.3. The molecule has 4 nitrogen and oxygen atoms in total. The smallest absolute Gasteiger partial charge is 0.247 e. The number of amides is 1. The standard InChI is InChI=1S/C17H19N3O/c1-13(11-14-5-3-2-4-6-14)17(21)19-15-8-10-20-16(12-15)7-9-18-20/h2-7,9,11,15H,8,10,12H2,1H3,(H,19,21)/b13-11+. The van der Waals surface area contributed by atoms with Crippen LogP contribution in [-0.4, -0.2) is 21.7 Å². The molecule has 0 spiro atoms. The lowest BCUT2D eigenvalue weighted by molar-refractivity contribution is -0.118. The minimum Gasteiger partial charge on any atom is -0.349 e. The van der Waals surface area contributed by atoms with Crippen LogP contribution in [-0.2, 0) is 17.8 Å². The zero-order valence-corrected chi connectivity index (χ0v) is 12.1. The molecule has 0 bridgehead atoms. The van der Waals surface area contributed by atoms with Gasteiger partial charge in [0, 0.05) is 36.5 Å². The Morgan fingerprint density at radius 2 is 2.14 bits per heavy atom. The molecular weight excluding hydrogens is 262 g/mol. The zero-order valence-electron chi connectivity index (χ0n) is 12.1. The van der Waals surface area contributed by atoms with E-state index in [0.717, 1.165) is 30.5 Å². The summed E-state index contributed by atoms with van der Waals surface area (Å²) >= 11 is 0. The quantitative estimate of drug-likeness (QED) is 0.878. The molecule has 1 amide bonds. The molecule has 1 aliphatic heterocycles. The Bertz CT molecular complexity index is 658. The maximum absolute atomic E-state index is 12.3. The first-order valence-corrected chi connectivity index (χ1v) is 7.27. The van der Waals surface area contributed by atoms with Crippen molar-refractivity contribution >= 4 is 12.0 Å². The third kappa shape index (κ3) is 3.21. The summed E-state index contributed by atoms with van der Waals surface area (Å²) in [6, 6.07) is 12.1. The van der Waals surface area contributed by atoms with Gasteiger partial charge in [-0.15, -0.1) is 0 Å². The van der Waals surface area contributed by atoms with Crippen LogP contribution in [0.5, 0.6) is 0 Å². The molecule has 2 heterocycles. The van der Waals surface area contributed by atoms with Crippen LogP contribution in [0.3, 0.4) is 0 Å². The average molecular weight is 281 g/mol. The molecule has 0 radical (unpaired) electrons. The molecule has 108 valence electrons. The van der Waals surface area contributed by atoms with Crippen molar-refractivity contribution in [1.82, 2.24) is 15.1 Å². The van der Waals surface area contributed by atoms with Gasteiger partial charge in [0.15, 0.2) is 0 Å². The normalized spacial score (nSPS) is 18.1. The molecule has 1 N–H and O–H groups in total. The number of hydrogen-bond acceptors (Lipinski definition) is 2. The highest BCUT2D eigenvalue weighted by atomic mass is 16.1. The highest BCUT2D eigenvalue weighted by Gasteiger charge is 2.20. The monoisotopic (exact) mass is 281 g/mol. The second-order valence-electron chi connectivity index (χ2n) is 5.45. The number of aryl methyl sites for hydroxylation is 1. The number of hydrogen-bond donors (Lipinski definition) is 1. The molecule has 1 aromatic carbocycles. The van der Waals surface area contributed by atoms with Crippen LogP contribution in [0.2, 0.25) is 0 Å². The van der Waals surface area contributed by atoms with Crippen molar-refractivity contribution in [3.05, 3.63) is 59.4 Å². The third-order valence-electron chi connectivity index (χ3n) is 3.83. The van der Waals surface area contributed by atoms with E-state index in [0.29, 0.717) is 0 Å². The van der Waals surface area contributed by atoms with Crippen molar-refractivity contribution in [1.29, 1.82) is 0 Å². The van der Waals surface area contributed by atoms with E-state index in [1.165, 1.54) is 5.69 Å². The summed E-state index contributed by atoms with van der Waals surface area (Å²) in [5, 5.41) is 7.38. The Balaban J connectivity index is 1.63. The fourth-order valence-corrected chi connectivity index (χ4v) is 2.65. The minimum absolute atomic E-state index is 0.0109. The molecule has 4 heteroatoms. The number of nitrogens with zero attached hydrogens (tertiary/aromatic N) is 2. The summed E-state index contributed by atoms with van der Waals surface area (Å²) in [4.78, 5) is 12.3. The molecule has 1 aromatic heterocycles. The molecule has 1 unspecified atom stereocenters. The van der Waals surface area contributed by atoms with Crippen molar-refractivity contribution in [2.24, 2.45) is 0 Å². The molecule has 0 saturated carbocycles. The third-order valence-corrected chi connectivity index (χ3v) is 3.83. The number of fused-ring (bicyclic) bond motifs is 1. The van der Waals surface area contributed by atoms with Crippen molar-refractivity contribution in [2.45, 2.75) is 32.4 Å². The fraction of sp³-hybridized carbons (Fsp3) is 0.294. The highest BCUT2D eigenvalue weighted by molar-refractivity contribution is 5.97. The predicted molar refractivity (Wildman–Crippen MR) is 82.6 cm³/mol. The second kappa shape index (κ2) is 5.95. The van der Waals surface area contributed by atoms with E-state index in [1.54, 1.807) is 0 Å². The lowest BCUT2D eigenvalue weighted by Gasteiger charge is -2.24. The summed E-state index contributed by atoms with van der Waals surface area (Å²) < 4.78 is 2.01. The molecule has 2 aromatic rings. The Hall–Kier alpha value is -2.36. The summed E-state index contributed by atoms with van der Waals surface area (Å²) in [5.74, 6) is 0.0109. The van der Waals surface area contributed by atoms with Crippen LogP contribution in [0.4, 0.5) is 0 Å². The van der Waals surface area contributed by atoms with Crippen molar-refractivity contribution in [2.75, 3.05) is 0 Å². The van der Waals surface area contributed by atoms with Crippen LogP contribution in [0, 0.1) is 0 Å². The van der Waals surface area contributed by atoms with Gasteiger partial charge in [0.25, 0.3) is 0 Å². The van der Waals surface area contributed by atoms with Crippen molar-refractivity contribution in [3.8, 4) is 0 Å². The van der Waals surface area contributed by atoms with Gasteiger partial charge < -0.3 is 5.32 Å². The van der Waals surface area contributed by atoms with Gasteiger partial charge >= 0.3 is 0 Å². The van der Waals surface area contributed by atoms with Crippen LogP contribution in [0.25, 0.3) is 6.08 Å². The van der Waals surface area contributed by atoms with Crippen LogP contribution >= 0.6 is 0 Å². The van der Waals surface area contributed by atoms with Gasteiger partial charge in [-0.05, 0) is 31.1 Å². The Morgan fingerprint density at radius 3 is 2.95 bits per heavy atom. The van der Waals surface area contributed by atoms with Crippen LogP contribution < -0.4 is 5.32 Å².